The van der Waals surface area contributed by atoms with Crippen LogP contribution in [0.2, 0.25) is 0 Å². The quantitative estimate of drug-likeness (QED) is 0.292. The minimum absolute atomic E-state index is 0.0967. The van der Waals surface area contributed by atoms with E-state index in [1.807, 2.05) is 32.9 Å². The molecule has 0 aliphatic carbocycles. The first-order valence-corrected chi connectivity index (χ1v) is 13.4. The van der Waals surface area contributed by atoms with Crippen LogP contribution in [0.3, 0.4) is 0 Å². The standard InChI is InChI=1S/C29H32FN9O/c1-29(2,3)14-23(40)33-19-11-18(15-31-16-19)17-12-20-24(21(30)13-17)36-37-25(20)27-34-22-5-6-32-28(26(22)35-27)39-9-7-38(4)8-10-39/h5-6,11-13,15-16H,7-10,14H2,1-4H3,(H,33,40)(H,34,35)(H,36,37). The second kappa shape index (κ2) is 9.98. The van der Waals surface area contributed by atoms with Crippen LogP contribution in [-0.4, -0.2) is 74.2 Å². The highest BCUT2D eigenvalue weighted by atomic mass is 19.1. The molecule has 10 nitrogen and oxygen atoms in total. The molecule has 0 atom stereocenters. The lowest BCUT2D eigenvalue weighted by Crippen LogP contribution is -2.44. The lowest BCUT2D eigenvalue weighted by Gasteiger charge is -2.33. The Kier molecular flexibility index (Phi) is 6.46. The summed E-state index contributed by atoms with van der Waals surface area (Å²) in [5.41, 5.74) is 4.12. The number of fused-ring (bicyclic) bond motifs is 2. The Morgan fingerprint density at radius 2 is 1.88 bits per heavy atom. The smallest absolute Gasteiger partial charge is 0.224 e. The van der Waals surface area contributed by atoms with E-state index < -0.39 is 5.82 Å². The molecule has 1 aliphatic heterocycles. The van der Waals surface area contributed by atoms with Crippen LogP contribution in [0, 0.1) is 11.2 Å². The number of hydrogen-bond donors (Lipinski definition) is 3. The molecule has 0 bridgehead atoms. The molecule has 1 fully saturated rings. The van der Waals surface area contributed by atoms with Crippen LogP contribution in [0.25, 0.3) is 44.6 Å². The van der Waals surface area contributed by atoms with E-state index in [9.17, 15) is 4.79 Å². The number of hydrogen-bond acceptors (Lipinski definition) is 7. The SMILES string of the molecule is CN1CCN(c2nccc3[nH]c(-c4[nH]nc5c(F)cc(-c6cncc(NC(=O)CC(C)(C)C)c6)cc45)nc23)CC1. The fourth-order valence-corrected chi connectivity index (χ4v) is 5.06. The summed E-state index contributed by atoms with van der Waals surface area (Å²) in [7, 11) is 2.12. The maximum atomic E-state index is 15.3. The number of aromatic nitrogens is 6. The molecule has 1 amide bonds. The summed E-state index contributed by atoms with van der Waals surface area (Å²) < 4.78 is 15.3. The average Bonchev–Trinajstić information content (AvgIpc) is 3.52. The van der Waals surface area contributed by atoms with E-state index >= 15 is 4.39 Å². The molecular formula is C29H32FN9O. The largest absolute Gasteiger partial charge is 0.352 e. The number of nitrogens with zero attached hydrogens (tertiary/aromatic N) is 6. The molecule has 3 N–H and O–H groups in total. The third kappa shape index (κ3) is 5.12. The second-order valence-corrected chi connectivity index (χ2v) is 11.6. The zero-order valence-electron chi connectivity index (χ0n) is 23.0. The summed E-state index contributed by atoms with van der Waals surface area (Å²) in [4.78, 5) is 34.2. The van der Waals surface area contributed by atoms with Crippen LogP contribution in [0.1, 0.15) is 27.2 Å². The van der Waals surface area contributed by atoms with Crippen molar-refractivity contribution in [2.45, 2.75) is 27.2 Å². The third-order valence-electron chi connectivity index (χ3n) is 7.08. The number of nitrogens with one attached hydrogen (secondary N) is 3. The molecule has 1 aliphatic rings. The molecule has 0 spiro atoms. The topological polar surface area (TPSA) is 119 Å². The predicted molar refractivity (Wildman–Crippen MR) is 155 cm³/mol. The van der Waals surface area contributed by atoms with Crippen LogP contribution in [0.4, 0.5) is 15.9 Å². The Bertz CT molecular complexity index is 1710. The number of amides is 1. The van der Waals surface area contributed by atoms with Crippen LogP contribution >= 0.6 is 0 Å². The van der Waals surface area contributed by atoms with E-state index in [0.29, 0.717) is 40.1 Å². The summed E-state index contributed by atoms with van der Waals surface area (Å²) >= 11 is 0. The summed E-state index contributed by atoms with van der Waals surface area (Å²) in [6, 6.07) is 6.98. The van der Waals surface area contributed by atoms with E-state index in [4.69, 9.17) is 4.98 Å². The van der Waals surface area contributed by atoms with Gasteiger partial charge in [-0.05, 0) is 42.3 Å². The number of halogens is 1. The lowest BCUT2D eigenvalue weighted by molar-refractivity contribution is -0.117. The number of carbonyl (C=O) groups excluding carboxylic acids is 1. The Hall–Kier alpha value is -4.38. The van der Waals surface area contributed by atoms with Crippen LogP contribution in [-0.2, 0) is 4.79 Å². The first-order valence-electron chi connectivity index (χ1n) is 13.4. The summed E-state index contributed by atoms with van der Waals surface area (Å²) in [5.74, 6) is 0.826. The first kappa shape index (κ1) is 25.9. The number of H-pyrrole nitrogens is 2. The molecule has 40 heavy (non-hydrogen) atoms. The summed E-state index contributed by atoms with van der Waals surface area (Å²) in [5, 5.41) is 10.7. The molecule has 0 unspecified atom stereocenters. The van der Waals surface area contributed by atoms with Gasteiger partial charge in [-0.25, -0.2) is 14.4 Å². The van der Waals surface area contributed by atoms with Crippen molar-refractivity contribution in [2.24, 2.45) is 5.41 Å². The molecular weight excluding hydrogens is 509 g/mol. The normalized spacial score (nSPS) is 14.8. The minimum Gasteiger partial charge on any atom is -0.352 e. The van der Waals surface area contributed by atoms with E-state index in [0.717, 1.165) is 43.0 Å². The van der Waals surface area contributed by atoms with Gasteiger partial charge >= 0.3 is 0 Å². The van der Waals surface area contributed by atoms with Gasteiger partial charge in [0.25, 0.3) is 0 Å². The fourth-order valence-electron chi connectivity index (χ4n) is 5.06. The Morgan fingerprint density at radius 1 is 1.07 bits per heavy atom. The number of likely N-dealkylation sites (N-methyl/N-ethyl adjacent to an activating group) is 1. The molecule has 4 aromatic heterocycles. The van der Waals surface area contributed by atoms with Crippen molar-refractivity contribution in [3.8, 4) is 22.6 Å². The van der Waals surface area contributed by atoms with Crippen LogP contribution in [0.15, 0.2) is 42.9 Å². The first-order chi connectivity index (χ1) is 19.1. The van der Waals surface area contributed by atoms with Gasteiger partial charge in [-0.2, -0.15) is 5.10 Å². The van der Waals surface area contributed by atoms with Gasteiger partial charge in [-0.3, -0.25) is 14.9 Å². The van der Waals surface area contributed by atoms with Crippen molar-refractivity contribution in [3.63, 3.8) is 0 Å². The van der Waals surface area contributed by atoms with Crippen molar-refractivity contribution in [1.29, 1.82) is 0 Å². The molecule has 11 heteroatoms. The zero-order chi connectivity index (χ0) is 28.0. The molecule has 206 valence electrons. The summed E-state index contributed by atoms with van der Waals surface area (Å²) in [6.45, 7) is 9.68. The average molecular weight is 542 g/mol. The van der Waals surface area contributed by atoms with E-state index in [1.54, 1.807) is 24.7 Å². The highest BCUT2D eigenvalue weighted by Gasteiger charge is 2.22. The monoisotopic (exact) mass is 541 g/mol. The van der Waals surface area contributed by atoms with Crippen molar-refractivity contribution in [3.05, 3.63) is 48.7 Å². The number of piperazine rings is 1. The van der Waals surface area contributed by atoms with Crippen molar-refractivity contribution in [1.82, 2.24) is 35.0 Å². The molecule has 6 rings (SSSR count). The van der Waals surface area contributed by atoms with Gasteiger partial charge in [-0.1, -0.05) is 20.8 Å². The Morgan fingerprint density at radius 3 is 2.65 bits per heavy atom. The third-order valence-corrected chi connectivity index (χ3v) is 7.08. The van der Waals surface area contributed by atoms with E-state index in [1.165, 1.54) is 6.07 Å². The minimum atomic E-state index is -0.465. The number of rotatable bonds is 5. The van der Waals surface area contributed by atoms with Gasteiger partial charge in [0.15, 0.2) is 17.5 Å². The molecule has 0 saturated carbocycles. The number of benzene rings is 1. The maximum absolute atomic E-state index is 15.3. The van der Waals surface area contributed by atoms with Crippen LogP contribution < -0.4 is 10.2 Å². The fraction of sp³-hybridized carbons (Fsp3) is 0.345. The Labute approximate surface area is 231 Å². The molecule has 0 radical (unpaired) electrons. The van der Waals surface area contributed by atoms with Crippen molar-refractivity contribution < 1.29 is 9.18 Å². The van der Waals surface area contributed by atoms with Gasteiger partial charge in [0.05, 0.1) is 17.4 Å². The lowest BCUT2D eigenvalue weighted by atomic mass is 9.92. The van der Waals surface area contributed by atoms with E-state index in [-0.39, 0.29) is 16.8 Å². The molecule has 1 aromatic carbocycles. The number of imidazole rings is 1. The highest BCUT2D eigenvalue weighted by Crippen LogP contribution is 2.34. The van der Waals surface area contributed by atoms with Gasteiger partial charge in [-0.15, -0.1) is 0 Å². The van der Waals surface area contributed by atoms with Gasteiger partial charge in [0, 0.05) is 55.9 Å². The highest BCUT2D eigenvalue weighted by molar-refractivity contribution is 5.97. The van der Waals surface area contributed by atoms with Crippen molar-refractivity contribution >= 4 is 39.3 Å². The van der Waals surface area contributed by atoms with Gasteiger partial charge in [0.2, 0.25) is 5.91 Å². The second-order valence-electron chi connectivity index (χ2n) is 11.6. The van der Waals surface area contributed by atoms with Crippen molar-refractivity contribution in [2.75, 3.05) is 43.4 Å². The number of aromatic amines is 2. The summed E-state index contributed by atoms with van der Waals surface area (Å²) in [6.07, 6.45) is 5.39. The van der Waals surface area contributed by atoms with Gasteiger partial charge in [0.1, 0.15) is 16.7 Å². The molecule has 5 heterocycles. The number of carbonyl (C=O) groups is 1. The maximum Gasteiger partial charge on any atom is 0.224 e. The van der Waals surface area contributed by atoms with Crippen LogP contribution in [0.5, 0.6) is 0 Å². The van der Waals surface area contributed by atoms with E-state index in [2.05, 4.69) is 47.3 Å². The molecule has 5 aromatic rings. The zero-order valence-corrected chi connectivity index (χ0v) is 23.0. The molecule has 1 saturated heterocycles. The Balaban J connectivity index is 1.36. The number of anilines is 2. The number of pyridine rings is 2. The van der Waals surface area contributed by atoms with Gasteiger partial charge < -0.3 is 20.1 Å². The predicted octanol–water partition coefficient (Wildman–Crippen LogP) is 4.83.